The monoisotopic (exact) mass is 584 g/mol. The SMILES string of the molecule is CCc1ccc(NC(=O)OCC2(C(=O)NCc3cccc(F)c3C)CCN(C(=O)CNC(=O)OC(C)(C)C)CC2)cc1. The standard InChI is InChI=1S/C31H41FN4O6/c1-6-22-10-12-24(13-11-22)35-29(40)41-20-31(27(38)33-18-23-8-7-9-25(32)21(23)2)14-16-36(17-15-31)26(37)19-34-28(39)42-30(3,4)5/h7-13H,6,14-20H2,1-5H3,(H,33,38)(H,34,39)(H,35,40). The summed E-state index contributed by atoms with van der Waals surface area (Å²) in [7, 11) is 0. The fraction of sp³-hybridized carbons (Fsp3) is 0.484. The van der Waals surface area contributed by atoms with Crippen LogP contribution in [0.25, 0.3) is 0 Å². The number of alkyl carbamates (subject to hydrolysis) is 1. The van der Waals surface area contributed by atoms with E-state index in [0.717, 1.165) is 12.0 Å². The predicted molar refractivity (Wildman–Crippen MR) is 156 cm³/mol. The number of hydrogen-bond acceptors (Lipinski definition) is 6. The minimum atomic E-state index is -1.11. The maximum absolute atomic E-state index is 14.0. The highest BCUT2D eigenvalue weighted by atomic mass is 19.1. The average Bonchev–Trinajstić information content (AvgIpc) is 2.95. The van der Waals surface area contributed by atoms with Crippen molar-refractivity contribution >= 4 is 29.7 Å². The summed E-state index contributed by atoms with van der Waals surface area (Å²) in [4.78, 5) is 52.5. The minimum absolute atomic E-state index is 0.0998. The third-order valence-corrected chi connectivity index (χ3v) is 7.25. The molecule has 1 fully saturated rings. The Labute approximate surface area is 246 Å². The van der Waals surface area contributed by atoms with E-state index in [0.29, 0.717) is 16.8 Å². The van der Waals surface area contributed by atoms with Crippen LogP contribution in [-0.2, 0) is 32.0 Å². The Balaban J connectivity index is 1.65. The molecular weight excluding hydrogens is 543 g/mol. The van der Waals surface area contributed by atoms with E-state index in [2.05, 4.69) is 16.0 Å². The first-order valence-corrected chi connectivity index (χ1v) is 14.1. The number of carbonyl (C=O) groups is 4. The molecule has 0 saturated carbocycles. The lowest BCUT2D eigenvalue weighted by atomic mass is 9.78. The number of nitrogens with zero attached hydrogens (tertiary/aromatic N) is 1. The Bertz CT molecular complexity index is 1270. The Morgan fingerprint density at radius 3 is 2.26 bits per heavy atom. The van der Waals surface area contributed by atoms with Crippen LogP contribution in [0.2, 0.25) is 0 Å². The van der Waals surface area contributed by atoms with Crippen molar-refractivity contribution in [2.45, 2.75) is 66.0 Å². The normalized spacial score (nSPS) is 14.5. The molecule has 1 aliphatic heterocycles. The van der Waals surface area contributed by atoms with Gasteiger partial charge in [-0.25, -0.2) is 14.0 Å². The minimum Gasteiger partial charge on any atom is -0.448 e. The Hall–Kier alpha value is -4.15. The van der Waals surface area contributed by atoms with E-state index in [1.54, 1.807) is 56.9 Å². The smallest absolute Gasteiger partial charge is 0.411 e. The van der Waals surface area contributed by atoms with E-state index in [9.17, 15) is 23.6 Å². The van der Waals surface area contributed by atoms with Gasteiger partial charge in [0.25, 0.3) is 0 Å². The van der Waals surface area contributed by atoms with Crippen LogP contribution in [0.15, 0.2) is 42.5 Å². The maximum Gasteiger partial charge on any atom is 0.411 e. The molecular formula is C31H41FN4O6. The topological polar surface area (TPSA) is 126 Å². The lowest BCUT2D eigenvalue weighted by Crippen LogP contribution is -2.54. The number of ether oxygens (including phenoxy) is 2. The van der Waals surface area contributed by atoms with Crippen LogP contribution in [0.3, 0.4) is 0 Å². The summed E-state index contributed by atoms with van der Waals surface area (Å²) in [6.45, 7) is 8.92. The average molecular weight is 585 g/mol. The molecule has 1 saturated heterocycles. The summed E-state index contributed by atoms with van der Waals surface area (Å²) in [5.41, 5.74) is 0.958. The lowest BCUT2D eigenvalue weighted by molar-refractivity contribution is -0.142. The van der Waals surface area contributed by atoms with Crippen LogP contribution in [0.5, 0.6) is 0 Å². The second-order valence-corrected chi connectivity index (χ2v) is 11.5. The van der Waals surface area contributed by atoms with Crippen molar-refractivity contribution in [1.82, 2.24) is 15.5 Å². The number of rotatable bonds is 9. The van der Waals surface area contributed by atoms with Gasteiger partial charge >= 0.3 is 12.2 Å². The quantitative estimate of drug-likeness (QED) is 0.393. The predicted octanol–water partition coefficient (Wildman–Crippen LogP) is 4.69. The number of nitrogens with one attached hydrogen (secondary N) is 3. The zero-order chi connectivity index (χ0) is 30.9. The van der Waals surface area contributed by atoms with Crippen molar-refractivity contribution in [2.24, 2.45) is 5.41 Å². The van der Waals surface area contributed by atoms with Crippen molar-refractivity contribution in [3.8, 4) is 0 Å². The third kappa shape index (κ3) is 9.19. The molecule has 4 amide bonds. The number of halogens is 1. The highest BCUT2D eigenvalue weighted by Gasteiger charge is 2.43. The van der Waals surface area contributed by atoms with Crippen LogP contribution in [0, 0.1) is 18.2 Å². The zero-order valence-corrected chi connectivity index (χ0v) is 25.0. The molecule has 0 aliphatic carbocycles. The molecule has 0 spiro atoms. The molecule has 3 rings (SSSR count). The van der Waals surface area contributed by atoms with E-state index in [4.69, 9.17) is 9.47 Å². The van der Waals surface area contributed by atoms with E-state index < -0.39 is 23.2 Å². The third-order valence-electron chi connectivity index (χ3n) is 7.25. The fourth-order valence-electron chi connectivity index (χ4n) is 4.58. The molecule has 1 heterocycles. The van der Waals surface area contributed by atoms with E-state index >= 15 is 0 Å². The van der Waals surface area contributed by atoms with Gasteiger partial charge in [0, 0.05) is 25.3 Å². The lowest BCUT2D eigenvalue weighted by Gasteiger charge is -2.40. The summed E-state index contributed by atoms with van der Waals surface area (Å²) in [6.07, 6.45) is -0.0889. The summed E-state index contributed by atoms with van der Waals surface area (Å²) >= 11 is 0. The van der Waals surface area contributed by atoms with Crippen LogP contribution in [0.4, 0.5) is 19.7 Å². The second kappa shape index (κ2) is 14.2. The second-order valence-electron chi connectivity index (χ2n) is 11.5. The number of piperidine rings is 1. The van der Waals surface area contributed by atoms with Gasteiger partial charge in [0.15, 0.2) is 0 Å². The summed E-state index contributed by atoms with van der Waals surface area (Å²) < 4.78 is 24.7. The summed E-state index contributed by atoms with van der Waals surface area (Å²) in [6, 6.07) is 12.0. The zero-order valence-electron chi connectivity index (χ0n) is 25.0. The van der Waals surface area contributed by atoms with Crippen LogP contribution < -0.4 is 16.0 Å². The molecule has 2 aromatic carbocycles. The molecule has 228 valence electrons. The van der Waals surface area contributed by atoms with Crippen molar-refractivity contribution < 1.29 is 33.0 Å². The summed E-state index contributed by atoms with van der Waals surface area (Å²) in [5.74, 6) is -1.04. The van der Waals surface area contributed by atoms with Crippen LogP contribution in [0.1, 0.15) is 57.2 Å². The van der Waals surface area contributed by atoms with Gasteiger partial charge in [-0.05, 0) is 81.8 Å². The molecule has 0 bridgehead atoms. The number of aryl methyl sites for hydroxylation is 1. The van der Waals surface area contributed by atoms with E-state index in [-0.39, 0.29) is 63.3 Å². The Morgan fingerprint density at radius 1 is 0.976 bits per heavy atom. The number of hydrogen-bond donors (Lipinski definition) is 3. The number of benzene rings is 2. The molecule has 0 aromatic heterocycles. The largest absolute Gasteiger partial charge is 0.448 e. The summed E-state index contributed by atoms with van der Waals surface area (Å²) in [5, 5.41) is 8.01. The fourth-order valence-corrected chi connectivity index (χ4v) is 4.58. The molecule has 11 heteroatoms. The molecule has 42 heavy (non-hydrogen) atoms. The van der Waals surface area contributed by atoms with Crippen LogP contribution in [-0.4, -0.2) is 60.7 Å². The first-order valence-electron chi connectivity index (χ1n) is 14.1. The Morgan fingerprint density at radius 2 is 1.64 bits per heavy atom. The highest BCUT2D eigenvalue weighted by Crippen LogP contribution is 2.33. The van der Waals surface area contributed by atoms with E-state index in [1.807, 2.05) is 19.1 Å². The molecule has 3 N–H and O–H groups in total. The molecule has 10 nitrogen and oxygen atoms in total. The molecule has 0 atom stereocenters. The Kier molecular flexibility index (Phi) is 10.9. The number of amides is 4. The van der Waals surface area contributed by atoms with Crippen molar-refractivity contribution in [3.05, 3.63) is 65.0 Å². The van der Waals surface area contributed by atoms with Gasteiger partial charge in [-0.15, -0.1) is 0 Å². The van der Waals surface area contributed by atoms with Crippen molar-refractivity contribution in [3.63, 3.8) is 0 Å². The van der Waals surface area contributed by atoms with Crippen LogP contribution >= 0.6 is 0 Å². The van der Waals surface area contributed by atoms with E-state index in [1.165, 1.54) is 6.07 Å². The first-order chi connectivity index (χ1) is 19.8. The highest BCUT2D eigenvalue weighted by molar-refractivity contribution is 5.87. The van der Waals surface area contributed by atoms with Gasteiger partial charge in [0.1, 0.15) is 24.6 Å². The van der Waals surface area contributed by atoms with Gasteiger partial charge < -0.3 is 25.0 Å². The van der Waals surface area contributed by atoms with Gasteiger partial charge in [-0.2, -0.15) is 0 Å². The van der Waals surface area contributed by atoms with Gasteiger partial charge in [-0.3, -0.25) is 14.9 Å². The number of likely N-dealkylation sites (tertiary alicyclic amines) is 1. The van der Waals surface area contributed by atoms with Gasteiger partial charge in [-0.1, -0.05) is 31.2 Å². The molecule has 1 aliphatic rings. The van der Waals surface area contributed by atoms with Gasteiger partial charge in [0.05, 0.1) is 5.41 Å². The van der Waals surface area contributed by atoms with Crippen molar-refractivity contribution in [1.29, 1.82) is 0 Å². The molecule has 2 aromatic rings. The first kappa shape index (κ1) is 32.4. The number of carbonyl (C=O) groups excluding carboxylic acids is 4. The van der Waals surface area contributed by atoms with Crippen molar-refractivity contribution in [2.75, 3.05) is 31.6 Å². The molecule has 0 radical (unpaired) electrons. The maximum atomic E-state index is 14.0. The van der Waals surface area contributed by atoms with Gasteiger partial charge in [0.2, 0.25) is 11.8 Å². The molecule has 0 unspecified atom stereocenters. The number of anilines is 1.